The van der Waals surface area contributed by atoms with Gasteiger partial charge in [0, 0.05) is 37.3 Å². The van der Waals surface area contributed by atoms with Crippen molar-refractivity contribution in [3.8, 4) is 0 Å². The first kappa shape index (κ1) is 11.7. The summed E-state index contributed by atoms with van der Waals surface area (Å²) in [6.07, 6.45) is 3.01. The van der Waals surface area contributed by atoms with Crippen LogP contribution < -0.4 is 4.90 Å². The second kappa shape index (κ2) is 4.71. The number of aliphatic hydroxyl groups is 1. The summed E-state index contributed by atoms with van der Waals surface area (Å²) in [5.74, 6) is 0. The van der Waals surface area contributed by atoms with Gasteiger partial charge in [-0.3, -0.25) is 0 Å². The molecular weight excluding hydrogens is 244 g/mol. The van der Waals surface area contributed by atoms with E-state index in [0.29, 0.717) is 6.42 Å². The van der Waals surface area contributed by atoms with Crippen molar-refractivity contribution >= 4 is 17.0 Å². The summed E-state index contributed by atoms with van der Waals surface area (Å²) >= 11 is 1.59. The lowest BCUT2D eigenvalue weighted by Gasteiger charge is -2.14. The standard InChI is InChI=1S/C14H16N2OS/c1-16-6-4-10-8-11(2-3-12(10)16)13(17)9-14-15-5-7-18-14/h2-3,5,7-8,13,17H,4,6,9H2,1H3. The molecule has 0 radical (unpaired) electrons. The second-order valence-electron chi connectivity index (χ2n) is 4.71. The van der Waals surface area contributed by atoms with Crippen LogP contribution in [0.2, 0.25) is 0 Å². The molecule has 1 atom stereocenters. The number of benzene rings is 1. The summed E-state index contributed by atoms with van der Waals surface area (Å²) in [4.78, 5) is 6.47. The number of hydrogen-bond acceptors (Lipinski definition) is 4. The number of anilines is 1. The number of fused-ring (bicyclic) bond motifs is 1. The zero-order chi connectivity index (χ0) is 12.5. The molecule has 1 aliphatic heterocycles. The van der Waals surface area contributed by atoms with Crippen molar-refractivity contribution in [3.63, 3.8) is 0 Å². The molecule has 0 spiro atoms. The van der Waals surface area contributed by atoms with Crippen LogP contribution in [0.25, 0.3) is 0 Å². The van der Waals surface area contributed by atoms with Crippen molar-refractivity contribution in [2.24, 2.45) is 0 Å². The van der Waals surface area contributed by atoms with Crippen LogP contribution in [0, 0.1) is 0 Å². The molecule has 0 amide bonds. The molecule has 94 valence electrons. The zero-order valence-electron chi connectivity index (χ0n) is 10.3. The molecule has 1 aromatic heterocycles. The molecule has 2 heterocycles. The van der Waals surface area contributed by atoms with E-state index >= 15 is 0 Å². The Hall–Kier alpha value is -1.39. The second-order valence-corrected chi connectivity index (χ2v) is 5.68. The largest absolute Gasteiger partial charge is 0.388 e. The van der Waals surface area contributed by atoms with E-state index in [1.165, 1.54) is 11.3 Å². The average Bonchev–Trinajstić information content (AvgIpc) is 2.99. The highest BCUT2D eigenvalue weighted by Crippen LogP contribution is 2.30. The molecule has 2 aromatic rings. The molecule has 0 saturated heterocycles. The summed E-state index contributed by atoms with van der Waals surface area (Å²) in [7, 11) is 2.11. The summed E-state index contributed by atoms with van der Waals surface area (Å²) in [6.45, 7) is 1.07. The first-order valence-corrected chi connectivity index (χ1v) is 7.02. The quantitative estimate of drug-likeness (QED) is 0.920. The van der Waals surface area contributed by atoms with Crippen LogP contribution in [0.1, 0.15) is 22.2 Å². The molecule has 1 aromatic carbocycles. The van der Waals surface area contributed by atoms with E-state index < -0.39 is 6.10 Å². The van der Waals surface area contributed by atoms with E-state index in [1.807, 2.05) is 11.4 Å². The number of likely N-dealkylation sites (N-methyl/N-ethyl adjacent to an activating group) is 1. The van der Waals surface area contributed by atoms with Crippen molar-refractivity contribution in [3.05, 3.63) is 45.9 Å². The third-order valence-corrected chi connectivity index (χ3v) is 4.27. The molecule has 0 bridgehead atoms. The van der Waals surface area contributed by atoms with Gasteiger partial charge in [-0.15, -0.1) is 11.3 Å². The van der Waals surface area contributed by atoms with Gasteiger partial charge in [0.1, 0.15) is 0 Å². The molecule has 1 N–H and O–H groups in total. The molecule has 1 aliphatic rings. The Labute approximate surface area is 111 Å². The van der Waals surface area contributed by atoms with E-state index in [9.17, 15) is 5.11 Å². The summed E-state index contributed by atoms with van der Waals surface area (Å²) in [5, 5.41) is 13.2. The molecule has 1 unspecified atom stereocenters. The molecular formula is C14H16N2OS. The van der Waals surface area contributed by atoms with Gasteiger partial charge in [0.25, 0.3) is 0 Å². The van der Waals surface area contributed by atoms with Gasteiger partial charge in [0.05, 0.1) is 11.1 Å². The number of thiazole rings is 1. The van der Waals surface area contributed by atoms with Gasteiger partial charge in [-0.25, -0.2) is 4.98 Å². The lowest BCUT2D eigenvalue weighted by molar-refractivity contribution is 0.178. The Balaban J connectivity index is 1.80. The number of rotatable bonds is 3. The smallest absolute Gasteiger partial charge is 0.0954 e. The van der Waals surface area contributed by atoms with Gasteiger partial charge in [-0.1, -0.05) is 12.1 Å². The molecule has 0 aliphatic carbocycles. The van der Waals surface area contributed by atoms with Crippen LogP contribution in [0.4, 0.5) is 5.69 Å². The highest BCUT2D eigenvalue weighted by atomic mass is 32.1. The first-order valence-electron chi connectivity index (χ1n) is 6.14. The first-order chi connectivity index (χ1) is 8.74. The van der Waals surface area contributed by atoms with Crippen LogP contribution in [0.15, 0.2) is 29.8 Å². The van der Waals surface area contributed by atoms with Crippen LogP contribution in [-0.4, -0.2) is 23.7 Å². The lowest BCUT2D eigenvalue weighted by Crippen LogP contribution is -2.12. The van der Waals surface area contributed by atoms with Crippen molar-refractivity contribution in [1.29, 1.82) is 0 Å². The summed E-state index contributed by atoms with van der Waals surface area (Å²) < 4.78 is 0. The third-order valence-electron chi connectivity index (χ3n) is 3.47. The van der Waals surface area contributed by atoms with E-state index in [-0.39, 0.29) is 0 Å². The van der Waals surface area contributed by atoms with Gasteiger partial charge >= 0.3 is 0 Å². The predicted molar refractivity (Wildman–Crippen MR) is 74.2 cm³/mol. The minimum atomic E-state index is -0.452. The number of hydrogen-bond donors (Lipinski definition) is 1. The normalized spacial score (nSPS) is 15.8. The van der Waals surface area contributed by atoms with Gasteiger partial charge < -0.3 is 10.0 Å². The maximum Gasteiger partial charge on any atom is 0.0954 e. The van der Waals surface area contributed by atoms with Gasteiger partial charge in [-0.2, -0.15) is 0 Å². The monoisotopic (exact) mass is 260 g/mol. The van der Waals surface area contributed by atoms with Crippen LogP contribution in [0.3, 0.4) is 0 Å². The molecule has 3 nitrogen and oxygen atoms in total. The van der Waals surface area contributed by atoms with Gasteiger partial charge in [-0.05, 0) is 23.6 Å². The van der Waals surface area contributed by atoms with Crippen molar-refractivity contribution in [2.45, 2.75) is 18.9 Å². The lowest BCUT2D eigenvalue weighted by atomic mass is 10.0. The number of aliphatic hydroxyl groups excluding tert-OH is 1. The van der Waals surface area contributed by atoms with E-state index in [2.05, 4.69) is 29.1 Å². The Kier molecular flexibility index (Phi) is 3.06. The van der Waals surface area contributed by atoms with E-state index in [1.54, 1.807) is 17.5 Å². The van der Waals surface area contributed by atoms with Crippen molar-refractivity contribution in [1.82, 2.24) is 4.98 Å². The summed E-state index contributed by atoms with van der Waals surface area (Å²) in [5.41, 5.74) is 3.63. The van der Waals surface area contributed by atoms with Crippen molar-refractivity contribution < 1.29 is 5.11 Å². The van der Waals surface area contributed by atoms with Crippen LogP contribution >= 0.6 is 11.3 Å². The van der Waals surface area contributed by atoms with Gasteiger partial charge in [0.15, 0.2) is 0 Å². The molecule has 4 heteroatoms. The van der Waals surface area contributed by atoms with Crippen LogP contribution in [-0.2, 0) is 12.8 Å². The van der Waals surface area contributed by atoms with Crippen LogP contribution in [0.5, 0.6) is 0 Å². The number of nitrogens with zero attached hydrogens (tertiary/aromatic N) is 2. The maximum atomic E-state index is 10.2. The minimum Gasteiger partial charge on any atom is -0.388 e. The molecule has 0 saturated carbocycles. The Bertz CT molecular complexity index is 539. The number of aromatic nitrogens is 1. The predicted octanol–water partition coefficient (Wildman–Crippen LogP) is 2.41. The Morgan fingerprint density at radius 2 is 2.39 bits per heavy atom. The Morgan fingerprint density at radius 3 is 3.17 bits per heavy atom. The fraction of sp³-hybridized carbons (Fsp3) is 0.357. The van der Waals surface area contributed by atoms with Gasteiger partial charge in [0.2, 0.25) is 0 Å². The van der Waals surface area contributed by atoms with Crippen molar-refractivity contribution in [2.75, 3.05) is 18.5 Å². The van der Waals surface area contributed by atoms with E-state index in [4.69, 9.17) is 0 Å². The average molecular weight is 260 g/mol. The highest BCUT2D eigenvalue weighted by molar-refractivity contribution is 7.09. The molecule has 0 fully saturated rings. The molecule has 18 heavy (non-hydrogen) atoms. The fourth-order valence-electron chi connectivity index (χ4n) is 2.43. The topological polar surface area (TPSA) is 36.4 Å². The van der Waals surface area contributed by atoms with E-state index in [0.717, 1.165) is 23.5 Å². The summed E-state index contributed by atoms with van der Waals surface area (Å²) in [6, 6.07) is 6.28. The Morgan fingerprint density at radius 1 is 1.50 bits per heavy atom. The minimum absolute atomic E-state index is 0.452. The fourth-order valence-corrected chi connectivity index (χ4v) is 3.09. The maximum absolute atomic E-state index is 10.2. The highest BCUT2D eigenvalue weighted by Gasteiger charge is 2.18. The SMILES string of the molecule is CN1CCc2cc(C(O)Cc3nccs3)ccc21. The zero-order valence-corrected chi connectivity index (χ0v) is 11.2. The third kappa shape index (κ3) is 2.13. The molecule has 3 rings (SSSR count).